The summed E-state index contributed by atoms with van der Waals surface area (Å²) in [6, 6.07) is 1.93. The summed E-state index contributed by atoms with van der Waals surface area (Å²) in [7, 11) is 0. The monoisotopic (exact) mass is 238 g/mol. The lowest BCUT2D eigenvalue weighted by Crippen LogP contribution is -2.38. The van der Waals surface area contributed by atoms with Crippen molar-refractivity contribution in [1.82, 2.24) is 10.1 Å². The Kier molecular flexibility index (Phi) is 5.19. The minimum atomic E-state index is -0.0478. The van der Waals surface area contributed by atoms with Crippen LogP contribution in [-0.2, 0) is 0 Å². The third-order valence-corrected chi connectivity index (χ3v) is 2.98. The fourth-order valence-corrected chi connectivity index (χ4v) is 1.68. The molecule has 0 N–H and O–H groups in total. The van der Waals surface area contributed by atoms with E-state index in [2.05, 4.69) is 25.9 Å². The molecule has 0 saturated carbocycles. The molecule has 0 aliphatic heterocycles. The molecule has 4 nitrogen and oxygen atoms in total. The maximum Gasteiger partial charge on any atom is 0.292 e. The maximum atomic E-state index is 12.3. The smallest absolute Gasteiger partial charge is 0.292 e. The van der Waals surface area contributed by atoms with Crippen LogP contribution in [-0.4, -0.2) is 28.6 Å². The van der Waals surface area contributed by atoms with Crippen molar-refractivity contribution in [3.05, 3.63) is 17.5 Å². The van der Waals surface area contributed by atoms with E-state index in [4.69, 9.17) is 4.52 Å². The normalized spacial score (nSPS) is 12.5. The van der Waals surface area contributed by atoms with E-state index in [1.807, 2.05) is 11.8 Å². The zero-order valence-corrected chi connectivity index (χ0v) is 11.2. The molecule has 0 aromatic carbocycles. The van der Waals surface area contributed by atoms with Gasteiger partial charge in [-0.25, -0.2) is 0 Å². The Hall–Kier alpha value is -1.32. The van der Waals surface area contributed by atoms with Gasteiger partial charge < -0.3 is 9.42 Å². The molecule has 1 rings (SSSR count). The van der Waals surface area contributed by atoms with E-state index in [1.165, 1.54) is 0 Å². The van der Waals surface area contributed by atoms with Gasteiger partial charge in [0, 0.05) is 18.7 Å². The van der Waals surface area contributed by atoms with Crippen molar-refractivity contribution in [1.29, 1.82) is 0 Å². The number of amides is 1. The van der Waals surface area contributed by atoms with Gasteiger partial charge in [-0.2, -0.15) is 0 Å². The molecule has 0 saturated heterocycles. The van der Waals surface area contributed by atoms with Crippen LogP contribution in [0.1, 0.15) is 56.3 Å². The van der Waals surface area contributed by atoms with Gasteiger partial charge in [0.1, 0.15) is 0 Å². The van der Waals surface area contributed by atoms with E-state index in [0.29, 0.717) is 5.76 Å². The second kappa shape index (κ2) is 6.42. The SMILES string of the molecule is CCCCN(C(=O)c1cc(C)no1)C(C)CC. The highest BCUT2D eigenvalue weighted by Crippen LogP contribution is 2.13. The van der Waals surface area contributed by atoms with Crippen molar-refractivity contribution >= 4 is 5.91 Å². The Morgan fingerprint density at radius 3 is 2.71 bits per heavy atom. The Morgan fingerprint density at radius 2 is 2.24 bits per heavy atom. The quantitative estimate of drug-likeness (QED) is 0.765. The number of aromatic nitrogens is 1. The van der Waals surface area contributed by atoms with Crippen molar-refractivity contribution < 1.29 is 9.32 Å². The van der Waals surface area contributed by atoms with Crippen molar-refractivity contribution in [3.63, 3.8) is 0 Å². The number of hydrogen-bond donors (Lipinski definition) is 0. The lowest BCUT2D eigenvalue weighted by Gasteiger charge is -2.27. The molecule has 0 bridgehead atoms. The van der Waals surface area contributed by atoms with Crippen LogP contribution in [0.4, 0.5) is 0 Å². The predicted octanol–water partition coefficient (Wildman–Crippen LogP) is 3.02. The second-order valence-corrected chi connectivity index (χ2v) is 4.44. The van der Waals surface area contributed by atoms with Crippen LogP contribution in [0.5, 0.6) is 0 Å². The van der Waals surface area contributed by atoms with E-state index in [1.54, 1.807) is 6.07 Å². The molecule has 0 aliphatic rings. The topological polar surface area (TPSA) is 46.3 Å². The molecular formula is C13H22N2O2. The van der Waals surface area contributed by atoms with Gasteiger partial charge in [-0.1, -0.05) is 25.4 Å². The Balaban J connectivity index is 2.78. The highest BCUT2D eigenvalue weighted by Gasteiger charge is 2.23. The molecule has 0 spiro atoms. The number of carbonyl (C=O) groups is 1. The van der Waals surface area contributed by atoms with Crippen molar-refractivity contribution in [2.24, 2.45) is 0 Å². The van der Waals surface area contributed by atoms with Gasteiger partial charge in [0.05, 0.1) is 5.69 Å². The number of hydrogen-bond acceptors (Lipinski definition) is 3. The Morgan fingerprint density at radius 1 is 1.53 bits per heavy atom. The van der Waals surface area contributed by atoms with Crippen molar-refractivity contribution in [2.45, 2.75) is 53.0 Å². The summed E-state index contributed by atoms with van der Waals surface area (Å²) < 4.78 is 5.04. The van der Waals surface area contributed by atoms with Crippen LogP contribution in [0, 0.1) is 6.92 Å². The van der Waals surface area contributed by atoms with E-state index >= 15 is 0 Å². The molecule has 1 atom stereocenters. The van der Waals surface area contributed by atoms with E-state index in [9.17, 15) is 4.79 Å². The summed E-state index contributed by atoms with van der Waals surface area (Å²) in [6.07, 6.45) is 3.04. The molecule has 1 unspecified atom stereocenters. The summed E-state index contributed by atoms with van der Waals surface area (Å²) in [6.45, 7) is 8.88. The molecule has 0 fully saturated rings. The second-order valence-electron chi connectivity index (χ2n) is 4.44. The van der Waals surface area contributed by atoms with Gasteiger partial charge in [-0.3, -0.25) is 4.79 Å². The van der Waals surface area contributed by atoms with Gasteiger partial charge in [0.2, 0.25) is 5.76 Å². The van der Waals surface area contributed by atoms with Crippen LogP contribution in [0.2, 0.25) is 0 Å². The molecule has 0 radical (unpaired) electrons. The standard InChI is InChI=1S/C13H22N2O2/c1-5-7-8-15(11(4)6-2)13(16)12-9-10(3)14-17-12/h9,11H,5-8H2,1-4H3. The van der Waals surface area contributed by atoms with Crippen molar-refractivity contribution in [2.75, 3.05) is 6.54 Å². The third kappa shape index (κ3) is 3.58. The molecule has 4 heteroatoms. The largest absolute Gasteiger partial charge is 0.351 e. The van der Waals surface area contributed by atoms with Crippen molar-refractivity contribution in [3.8, 4) is 0 Å². The predicted molar refractivity (Wildman–Crippen MR) is 66.9 cm³/mol. The number of aryl methyl sites for hydroxylation is 1. The summed E-state index contributed by atoms with van der Waals surface area (Å²) in [5, 5.41) is 3.76. The first-order valence-electron chi connectivity index (χ1n) is 6.34. The van der Waals surface area contributed by atoms with Crippen LogP contribution in [0.15, 0.2) is 10.6 Å². The minimum absolute atomic E-state index is 0.0478. The van der Waals surface area contributed by atoms with Crippen LogP contribution >= 0.6 is 0 Å². The lowest BCUT2D eigenvalue weighted by molar-refractivity contribution is 0.0642. The fraction of sp³-hybridized carbons (Fsp3) is 0.692. The number of unbranched alkanes of at least 4 members (excludes halogenated alkanes) is 1. The zero-order valence-electron chi connectivity index (χ0n) is 11.2. The number of rotatable bonds is 6. The molecule has 1 aromatic rings. The summed E-state index contributed by atoms with van der Waals surface area (Å²) in [5.41, 5.74) is 0.743. The molecule has 1 heterocycles. The number of nitrogens with zero attached hydrogens (tertiary/aromatic N) is 2. The molecule has 96 valence electrons. The Labute approximate surface area is 103 Å². The highest BCUT2D eigenvalue weighted by molar-refractivity contribution is 5.91. The van der Waals surface area contributed by atoms with Crippen LogP contribution < -0.4 is 0 Å². The molecular weight excluding hydrogens is 216 g/mol. The first-order valence-corrected chi connectivity index (χ1v) is 6.34. The zero-order chi connectivity index (χ0) is 12.8. The fourth-order valence-electron chi connectivity index (χ4n) is 1.68. The summed E-state index contributed by atoms with van der Waals surface area (Å²) in [5.74, 6) is 0.298. The Bertz CT molecular complexity index is 360. The van der Waals surface area contributed by atoms with Gasteiger partial charge in [0.15, 0.2) is 0 Å². The van der Waals surface area contributed by atoms with E-state index in [-0.39, 0.29) is 11.9 Å². The summed E-state index contributed by atoms with van der Waals surface area (Å²) in [4.78, 5) is 14.1. The molecule has 0 aliphatic carbocycles. The lowest BCUT2D eigenvalue weighted by atomic mass is 10.2. The number of carbonyl (C=O) groups excluding carboxylic acids is 1. The minimum Gasteiger partial charge on any atom is -0.351 e. The highest BCUT2D eigenvalue weighted by atomic mass is 16.5. The van der Waals surface area contributed by atoms with Gasteiger partial charge >= 0.3 is 0 Å². The third-order valence-electron chi connectivity index (χ3n) is 2.98. The molecule has 1 amide bonds. The van der Waals surface area contributed by atoms with Gasteiger partial charge in [-0.05, 0) is 26.7 Å². The summed E-state index contributed by atoms with van der Waals surface area (Å²) >= 11 is 0. The molecule has 17 heavy (non-hydrogen) atoms. The van der Waals surface area contributed by atoms with E-state index in [0.717, 1.165) is 31.5 Å². The maximum absolute atomic E-state index is 12.3. The van der Waals surface area contributed by atoms with Gasteiger partial charge in [0.25, 0.3) is 5.91 Å². The average molecular weight is 238 g/mol. The first kappa shape index (κ1) is 13.7. The first-order chi connectivity index (χ1) is 8.10. The van der Waals surface area contributed by atoms with Gasteiger partial charge in [-0.15, -0.1) is 0 Å². The van der Waals surface area contributed by atoms with Crippen LogP contribution in [0.25, 0.3) is 0 Å². The van der Waals surface area contributed by atoms with E-state index < -0.39 is 0 Å². The average Bonchev–Trinajstić information content (AvgIpc) is 2.75. The van der Waals surface area contributed by atoms with Crippen LogP contribution in [0.3, 0.4) is 0 Å². The molecule has 1 aromatic heterocycles.